The highest BCUT2D eigenvalue weighted by molar-refractivity contribution is 6.34. The van der Waals surface area contributed by atoms with E-state index in [-0.39, 0.29) is 11.8 Å². The average Bonchev–Trinajstić information content (AvgIpc) is 2.74. The second kappa shape index (κ2) is 6.08. The van der Waals surface area contributed by atoms with Crippen molar-refractivity contribution in [2.75, 3.05) is 22.5 Å². The fourth-order valence-electron chi connectivity index (χ4n) is 3.15. The zero-order valence-electron chi connectivity index (χ0n) is 14.4. The van der Waals surface area contributed by atoms with Crippen LogP contribution in [0.25, 0.3) is 0 Å². The average molecular weight is 358 g/mol. The molecule has 0 fully saturated rings. The molecule has 3 N–H and O–H groups in total. The number of nitrogens with one attached hydrogen (secondary N) is 1. The van der Waals surface area contributed by atoms with E-state index < -0.39 is 5.41 Å². The van der Waals surface area contributed by atoms with Crippen molar-refractivity contribution in [3.63, 3.8) is 0 Å². The lowest BCUT2D eigenvalue weighted by atomic mass is 9.86. The molecule has 25 heavy (non-hydrogen) atoms. The van der Waals surface area contributed by atoms with Crippen molar-refractivity contribution >= 4 is 40.5 Å². The molecule has 130 valence electrons. The summed E-state index contributed by atoms with van der Waals surface area (Å²) in [4.78, 5) is 26.8. The molecule has 6 heteroatoms. The van der Waals surface area contributed by atoms with Crippen LogP contribution < -0.4 is 16.0 Å². The van der Waals surface area contributed by atoms with E-state index in [1.165, 1.54) is 0 Å². The molecule has 0 aliphatic carbocycles. The van der Waals surface area contributed by atoms with Crippen molar-refractivity contribution in [1.29, 1.82) is 0 Å². The van der Waals surface area contributed by atoms with Crippen molar-refractivity contribution in [1.82, 2.24) is 0 Å². The summed E-state index contributed by atoms with van der Waals surface area (Å²) in [5, 5.41) is 3.17. The standard InChI is InChI=1S/C19H20ClN3O2/c1-4-23-16-10-14(21)15(9-12(16)19(2,3)18(23)25)22-17(24)11-7-5-6-8-13(11)20/h5-10H,4,21H2,1-3H3,(H,22,24). The van der Waals surface area contributed by atoms with E-state index in [1.54, 1.807) is 41.3 Å². The van der Waals surface area contributed by atoms with Crippen LogP contribution in [0.5, 0.6) is 0 Å². The summed E-state index contributed by atoms with van der Waals surface area (Å²) in [6.07, 6.45) is 0. The fourth-order valence-corrected chi connectivity index (χ4v) is 3.37. The first-order valence-electron chi connectivity index (χ1n) is 8.09. The number of rotatable bonds is 3. The molecule has 5 nitrogen and oxygen atoms in total. The molecule has 3 rings (SSSR count). The van der Waals surface area contributed by atoms with Gasteiger partial charge in [0, 0.05) is 6.54 Å². The summed E-state index contributed by atoms with van der Waals surface area (Å²) in [6.45, 7) is 6.24. The van der Waals surface area contributed by atoms with Gasteiger partial charge in [-0.1, -0.05) is 23.7 Å². The fraction of sp³-hybridized carbons (Fsp3) is 0.263. The number of hydrogen-bond donors (Lipinski definition) is 2. The predicted molar refractivity (Wildman–Crippen MR) is 101 cm³/mol. The minimum Gasteiger partial charge on any atom is -0.397 e. The van der Waals surface area contributed by atoms with E-state index in [4.69, 9.17) is 17.3 Å². The molecule has 0 spiro atoms. The van der Waals surface area contributed by atoms with Crippen LogP contribution in [0.15, 0.2) is 36.4 Å². The smallest absolute Gasteiger partial charge is 0.257 e. The maximum atomic E-state index is 12.6. The predicted octanol–water partition coefficient (Wildman–Crippen LogP) is 3.82. The van der Waals surface area contributed by atoms with E-state index in [9.17, 15) is 9.59 Å². The summed E-state index contributed by atoms with van der Waals surface area (Å²) in [5.74, 6) is -0.314. The Bertz CT molecular complexity index is 877. The highest BCUT2D eigenvalue weighted by Gasteiger charge is 2.43. The summed E-state index contributed by atoms with van der Waals surface area (Å²) in [5.41, 5.74) is 8.36. The molecule has 0 radical (unpaired) electrons. The number of nitrogens with zero attached hydrogens (tertiary/aromatic N) is 1. The number of nitrogens with two attached hydrogens (primary N) is 1. The van der Waals surface area contributed by atoms with Crippen molar-refractivity contribution in [3.05, 3.63) is 52.5 Å². The number of benzene rings is 2. The van der Waals surface area contributed by atoms with E-state index in [0.29, 0.717) is 28.5 Å². The summed E-state index contributed by atoms with van der Waals surface area (Å²) in [6, 6.07) is 10.3. The number of carbonyl (C=O) groups is 2. The van der Waals surface area contributed by atoms with Gasteiger partial charge in [0.25, 0.3) is 5.91 Å². The molecule has 2 aromatic carbocycles. The first-order chi connectivity index (χ1) is 11.8. The van der Waals surface area contributed by atoms with E-state index in [2.05, 4.69) is 5.32 Å². The number of anilines is 3. The highest BCUT2D eigenvalue weighted by atomic mass is 35.5. The number of amides is 2. The Morgan fingerprint density at radius 1 is 1.28 bits per heavy atom. The molecule has 1 aliphatic heterocycles. The zero-order chi connectivity index (χ0) is 18.4. The Morgan fingerprint density at radius 2 is 1.96 bits per heavy atom. The first-order valence-corrected chi connectivity index (χ1v) is 8.47. The molecule has 0 unspecified atom stereocenters. The summed E-state index contributed by atoms with van der Waals surface area (Å²) >= 11 is 6.08. The van der Waals surface area contributed by atoms with E-state index in [1.807, 2.05) is 20.8 Å². The van der Waals surface area contributed by atoms with Crippen molar-refractivity contribution < 1.29 is 9.59 Å². The molecule has 0 atom stereocenters. The normalized spacial score (nSPS) is 15.2. The van der Waals surface area contributed by atoms with Gasteiger partial charge >= 0.3 is 0 Å². The van der Waals surface area contributed by atoms with Crippen LogP contribution in [0.1, 0.15) is 36.7 Å². The van der Waals surface area contributed by atoms with Gasteiger partial charge in [0.05, 0.1) is 33.1 Å². The number of nitrogen functional groups attached to an aromatic ring is 1. The molecule has 0 aromatic heterocycles. The third kappa shape index (κ3) is 2.74. The Labute approximate surface area is 151 Å². The van der Waals surface area contributed by atoms with Crippen molar-refractivity contribution in [3.8, 4) is 0 Å². The molecule has 2 amide bonds. The quantitative estimate of drug-likeness (QED) is 0.820. The summed E-state index contributed by atoms with van der Waals surface area (Å²) in [7, 11) is 0. The largest absolute Gasteiger partial charge is 0.397 e. The van der Waals surface area contributed by atoms with Gasteiger partial charge in [0.1, 0.15) is 0 Å². The third-order valence-corrected chi connectivity index (χ3v) is 4.92. The van der Waals surface area contributed by atoms with Crippen LogP contribution in [0.4, 0.5) is 17.1 Å². The Hall–Kier alpha value is -2.53. The van der Waals surface area contributed by atoms with Crippen LogP contribution in [-0.4, -0.2) is 18.4 Å². The highest BCUT2D eigenvalue weighted by Crippen LogP contribution is 2.44. The van der Waals surface area contributed by atoms with Crippen LogP contribution in [-0.2, 0) is 10.2 Å². The van der Waals surface area contributed by atoms with Gasteiger partial charge in [-0.3, -0.25) is 9.59 Å². The number of hydrogen-bond acceptors (Lipinski definition) is 3. The zero-order valence-corrected chi connectivity index (χ0v) is 15.1. The third-order valence-electron chi connectivity index (χ3n) is 4.59. The number of halogens is 1. The van der Waals surface area contributed by atoms with Gasteiger partial charge in [-0.2, -0.15) is 0 Å². The molecule has 0 saturated carbocycles. The van der Waals surface area contributed by atoms with E-state index in [0.717, 1.165) is 11.3 Å². The lowest BCUT2D eigenvalue weighted by Crippen LogP contribution is -2.35. The van der Waals surface area contributed by atoms with Crippen LogP contribution in [0, 0.1) is 0 Å². The minimum atomic E-state index is -0.664. The monoisotopic (exact) mass is 357 g/mol. The number of carbonyl (C=O) groups excluding carboxylic acids is 2. The molecule has 0 saturated heterocycles. The first kappa shape index (κ1) is 17.3. The van der Waals surface area contributed by atoms with Crippen molar-refractivity contribution in [2.45, 2.75) is 26.2 Å². The van der Waals surface area contributed by atoms with Gasteiger partial charge in [0.2, 0.25) is 5.91 Å². The van der Waals surface area contributed by atoms with Gasteiger partial charge in [-0.05, 0) is 50.6 Å². The minimum absolute atomic E-state index is 0.0268. The maximum Gasteiger partial charge on any atom is 0.257 e. The Kier molecular flexibility index (Phi) is 4.21. The van der Waals surface area contributed by atoms with E-state index >= 15 is 0 Å². The lowest BCUT2D eigenvalue weighted by molar-refractivity contribution is -0.122. The van der Waals surface area contributed by atoms with Crippen molar-refractivity contribution in [2.24, 2.45) is 0 Å². The topological polar surface area (TPSA) is 75.4 Å². The molecular formula is C19H20ClN3O2. The molecule has 2 aromatic rings. The van der Waals surface area contributed by atoms with Crippen LogP contribution >= 0.6 is 11.6 Å². The maximum absolute atomic E-state index is 12.6. The summed E-state index contributed by atoms with van der Waals surface area (Å²) < 4.78 is 0. The van der Waals surface area contributed by atoms with Crippen LogP contribution in [0.2, 0.25) is 5.02 Å². The van der Waals surface area contributed by atoms with Gasteiger partial charge in [-0.25, -0.2) is 0 Å². The number of likely N-dealkylation sites (N-methyl/N-ethyl adjacent to an activating group) is 1. The SMILES string of the molecule is CCN1C(=O)C(C)(C)c2cc(NC(=O)c3ccccc3Cl)c(N)cc21. The Morgan fingerprint density at radius 3 is 2.60 bits per heavy atom. The lowest BCUT2D eigenvalue weighted by Gasteiger charge is -2.18. The van der Waals surface area contributed by atoms with Gasteiger partial charge in [-0.15, -0.1) is 0 Å². The Balaban J connectivity index is 2.01. The van der Waals surface area contributed by atoms with Crippen LogP contribution in [0.3, 0.4) is 0 Å². The molecule has 1 aliphatic rings. The van der Waals surface area contributed by atoms with Gasteiger partial charge in [0.15, 0.2) is 0 Å². The molecule has 1 heterocycles. The molecular weight excluding hydrogens is 338 g/mol. The van der Waals surface area contributed by atoms with Gasteiger partial charge < -0.3 is 16.0 Å². The molecule has 0 bridgehead atoms. The second-order valence-electron chi connectivity index (χ2n) is 6.56. The second-order valence-corrected chi connectivity index (χ2v) is 6.97. The number of fused-ring (bicyclic) bond motifs is 1.